The Kier molecular flexibility index (Phi) is 14.7. The number of rotatable bonds is 14. The topological polar surface area (TPSA) is 78.9 Å². The summed E-state index contributed by atoms with van der Waals surface area (Å²) in [6.07, 6.45) is 7.73. The lowest BCUT2D eigenvalue weighted by molar-refractivity contribution is -0.144. The number of carboxylic acids is 1. The zero-order valence-corrected chi connectivity index (χ0v) is 21.2. The highest BCUT2D eigenvalue weighted by Gasteiger charge is 2.30. The number of nitrogens with one attached hydrogen (secondary N) is 1. The number of aliphatic carboxylic acids is 1. The zero-order valence-electron chi connectivity index (χ0n) is 20.4. The van der Waals surface area contributed by atoms with Crippen LogP contribution in [-0.2, 0) is 16.1 Å². The van der Waals surface area contributed by atoms with Gasteiger partial charge in [0.1, 0.15) is 11.8 Å². The SMILES string of the molecule is CCN(C(C)C)C(C(=O)O)c1ccc(CNC(=O)CCCCC=CC(C)C)cc1OC.Cl. The predicted molar refractivity (Wildman–Crippen MR) is 132 cm³/mol. The highest BCUT2D eigenvalue weighted by Crippen LogP contribution is 2.32. The smallest absolute Gasteiger partial charge is 0.325 e. The van der Waals surface area contributed by atoms with E-state index in [0.717, 1.165) is 24.8 Å². The molecule has 1 rings (SSSR count). The quantitative estimate of drug-likeness (QED) is 0.284. The van der Waals surface area contributed by atoms with Gasteiger partial charge in [-0.15, -0.1) is 12.4 Å². The molecule has 0 aliphatic heterocycles. The van der Waals surface area contributed by atoms with E-state index in [1.807, 2.05) is 37.8 Å². The number of benzene rings is 1. The summed E-state index contributed by atoms with van der Waals surface area (Å²) in [6.45, 7) is 11.2. The first-order valence-corrected chi connectivity index (χ1v) is 11.3. The van der Waals surface area contributed by atoms with E-state index >= 15 is 0 Å². The number of hydrogen-bond acceptors (Lipinski definition) is 4. The molecule has 0 fully saturated rings. The summed E-state index contributed by atoms with van der Waals surface area (Å²) in [5.74, 6) is 0.206. The van der Waals surface area contributed by atoms with E-state index in [1.165, 1.54) is 0 Å². The lowest BCUT2D eigenvalue weighted by Gasteiger charge is -2.32. The highest BCUT2D eigenvalue weighted by molar-refractivity contribution is 5.85. The van der Waals surface area contributed by atoms with Crippen molar-refractivity contribution in [3.63, 3.8) is 0 Å². The summed E-state index contributed by atoms with van der Waals surface area (Å²) in [5, 5.41) is 12.8. The lowest BCUT2D eigenvalue weighted by Crippen LogP contribution is -2.39. The molecule has 0 spiro atoms. The van der Waals surface area contributed by atoms with Gasteiger partial charge in [0.05, 0.1) is 7.11 Å². The summed E-state index contributed by atoms with van der Waals surface area (Å²) in [5.41, 5.74) is 1.50. The summed E-state index contributed by atoms with van der Waals surface area (Å²) >= 11 is 0. The molecule has 0 heterocycles. The Morgan fingerprint density at radius 1 is 1.19 bits per heavy atom. The van der Waals surface area contributed by atoms with Gasteiger partial charge in [0.2, 0.25) is 5.91 Å². The van der Waals surface area contributed by atoms with Crippen molar-refractivity contribution in [1.82, 2.24) is 10.2 Å². The van der Waals surface area contributed by atoms with Crippen molar-refractivity contribution in [2.75, 3.05) is 13.7 Å². The highest BCUT2D eigenvalue weighted by atomic mass is 35.5. The molecule has 1 atom stereocenters. The number of unbranched alkanes of at least 4 members (excludes halogenated alkanes) is 2. The maximum Gasteiger partial charge on any atom is 0.325 e. The van der Waals surface area contributed by atoms with E-state index in [9.17, 15) is 14.7 Å². The van der Waals surface area contributed by atoms with E-state index in [2.05, 4.69) is 31.3 Å². The minimum absolute atomic E-state index is 0. The monoisotopic (exact) mass is 468 g/mol. The van der Waals surface area contributed by atoms with Crippen LogP contribution >= 0.6 is 12.4 Å². The molecule has 1 aromatic carbocycles. The first-order valence-electron chi connectivity index (χ1n) is 11.3. The van der Waals surface area contributed by atoms with Crippen molar-refractivity contribution >= 4 is 24.3 Å². The summed E-state index contributed by atoms with van der Waals surface area (Å²) in [4.78, 5) is 26.1. The van der Waals surface area contributed by atoms with Gasteiger partial charge in [-0.1, -0.05) is 45.1 Å². The molecular formula is C25H41ClN2O4. The largest absolute Gasteiger partial charge is 0.496 e. The van der Waals surface area contributed by atoms with Crippen molar-refractivity contribution in [3.05, 3.63) is 41.5 Å². The number of likely N-dealkylation sites (N-methyl/N-ethyl adjacent to an activating group) is 1. The molecule has 0 aliphatic rings. The van der Waals surface area contributed by atoms with E-state index in [0.29, 0.717) is 36.7 Å². The first-order chi connectivity index (χ1) is 14.7. The molecule has 2 N–H and O–H groups in total. The van der Waals surface area contributed by atoms with Gasteiger partial charge in [0.25, 0.3) is 0 Å². The van der Waals surface area contributed by atoms with E-state index < -0.39 is 12.0 Å². The molecule has 0 saturated carbocycles. The predicted octanol–water partition coefficient (Wildman–Crippen LogP) is 5.36. The second-order valence-corrected chi connectivity index (χ2v) is 8.44. The van der Waals surface area contributed by atoms with Gasteiger partial charge in [0, 0.05) is 24.6 Å². The number of ether oxygens (including phenoxy) is 1. The fourth-order valence-electron chi connectivity index (χ4n) is 3.60. The maximum atomic E-state index is 12.1. The van der Waals surface area contributed by atoms with Gasteiger partial charge in [-0.05, 0) is 57.2 Å². The van der Waals surface area contributed by atoms with Gasteiger partial charge in [-0.2, -0.15) is 0 Å². The molecule has 0 bridgehead atoms. The van der Waals surface area contributed by atoms with Crippen molar-refractivity contribution < 1.29 is 19.4 Å². The van der Waals surface area contributed by atoms with E-state index in [1.54, 1.807) is 13.2 Å². The summed E-state index contributed by atoms with van der Waals surface area (Å²) < 4.78 is 5.51. The number of carbonyl (C=O) groups is 2. The number of hydrogen-bond donors (Lipinski definition) is 2. The number of nitrogens with zero attached hydrogens (tertiary/aromatic N) is 1. The van der Waals surface area contributed by atoms with Crippen molar-refractivity contribution in [2.45, 2.75) is 78.9 Å². The van der Waals surface area contributed by atoms with Crippen LogP contribution in [0.4, 0.5) is 0 Å². The van der Waals surface area contributed by atoms with Crippen LogP contribution in [0.5, 0.6) is 5.75 Å². The van der Waals surface area contributed by atoms with Crippen LogP contribution in [0.3, 0.4) is 0 Å². The number of carboxylic acid groups (broad SMARTS) is 1. The van der Waals surface area contributed by atoms with Crippen LogP contribution < -0.4 is 10.1 Å². The Labute approximate surface area is 199 Å². The molecular weight excluding hydrogens is 428 g/mol. The second kappa shape index (κ2) is 15.7. The molecule has 182 valence electrons. The van der Waals surface area contributed by atoms with Crippen molar-refractivity contribution in [1.29, 1.82) is 0 Å². The fourth-order valence-corrected chi connectivity index (χ4v) is 3.60. The Morgan fingerprint density at radius 3 is 2.41 bits per heavy atom. The Bertz CT molecular complexity index is 735. The number of amides is 1. The third-order valence-electron chi connectivity index (χ3n) is 5.22. The van der Waals surface area contributed by atoms with Crippen LogP contribution in [0.15, 0.2) is 30.4 Å². The molecule has 0 aliphatic carbocycles. The normalized spacial score (nSPS) is 12.3. The van der Waals surface area contributed by atoms with Gasteiger partial charge < -0.3 is 15.2 Å². The molecule has 7 heteroatoms. The number of halogens is 1. The van der Waals surface area contributed by atoms with Crippen molar-refractivity contribution in [2.24, 2.45) is 5.92 Å². The van der Waals surface area contributed by atoms with Gasteiger partial charge in [-0.25, -0.2) is 0 Å². The number of carbonyl (C=O) groups excluding carboxylic acids is 1. The van der Waals surface area contributed by atoms with Crippen LogP contribution in [0.1, 0.15) is 77.5 Å². The van der Waals surface area contributed by atoms with E-state index in [-0.39, 0.29) is 24.4 Å². The minimum atomic E-state index is -0.904. The molecule has 1 unspecified atom stereocenters. The van der Waals surface area contributed by atoms with Crippen LogP contribution in [0, 0.1) is 5.92 Å². The average molecular weight is 469 g/mol. The van der Waals surface area contributed by atoms with Gasteiger partial charge in [-0.3, -0.25) is 14.5 Å². The molecule has 0 saturated heterocycles. The minimum Gasteiger partial charge on any atom is -0.496 e. The van der Waals surface area contributed by atoms with Gasteiger partial charge >= 0.3 is 5.97 Å². The Balaban J connectivity index is 0.00000961. The fraction of sp³-hybridized carbons (Fsp3) is 0.600. The average Bonchev–Trinajstić information content (AvgIpc) is 2.72. The molecule has 32 heavy (non-hydrogen) atoms. The first kappa shape index (κ1) is 29.9. The lowest BCUT2D eigenvalue weighted by atomic mass is 10.0. The molecule has 0 radical (unpaired) electrons. The molecule has 1 amide bonds. The summed E-state index contributed by atoms with van der Waals surface area (Å²) in [6, 6.07) is 4.77. The molecule has 0 aromatic heterocycles. The van der Waals surface area contributed by atoms with Crippen LogP contribution in [0.25, 0.3) is 0 Å². The van der Waals surface area contributed by atoms with Crippen molar-refractivity contribution in [3.8, 4) is 5.75 Å². The molecule has 1 aromatic rings. The Hall–Kier alpha value is -2.05. The number of methoxy groups -OCH3 is 1. The third kappa shape index (κ3) is 10.0. The maximum absolute atomic E-state index is 12.1. The Morgan fingerprint density at radius 2 is 1.88 bits per heavy atom. The zero-order chi connectivity index (χ0) is 23.4. The van der Waals surface area contributed by atoms with Crippen LogP contribution in [-0.4, -0.2) is 41.6 Å². The van der Waals surface area contributed by atoms with E-state index in [4.69, 9.17) is 4.74 Å². The molecule has 6 nitrogen and oxygen atoms in total. The van der Waals surface area contributed by atoms with Crippen LogP contribution in [0.2, 0.25) is 0 Å². The van der Waals surface area contributed by atoms with Gasteiger partial charge in [0.15, 0.2) is 0 Å². The third-order valence-corrected chi connectivity index (χ3v) is 5.22. The standard InChI is InChI=1S/C25H40N2O4.ClH/c1-7-27(19(4)5)24(25(29)30)21-15-14-20(16-22(21)31-6)17-26-23(28)13-11-9-8-10-12-18(2)3;/h10,12,14-16,18-19,24H,7-9,11,13,17H2,1-6H3,(H,26,28)(H,29,30);1H. The second-order valence-electron chi connectivity index (χ2n) is 8.44. The number of allylic oxidation sites excluding steroid dienone is 2. The summed E-state index contributed by atoms with van der Waals surface area (Å²) in [7, 11) is 1.54.